The molecule has 2 aromatic rings. The molecule has 0 aliphatic rings. The van der Waals surface area contributed by atoms with E-state index in [2.05, 4.69) is 15.5 Å². The van der Waals surface area contributed by atoms with Crippen molar-refractivity contribution in [3.63, 3.8) is 0 Å². The van der Waals surface area contributed by atoms with Gasteiger partial charge in [-0.15, -0.1) is 22.0 Å². The molecule has 1 aromatic carbocycles. The highest BCUT2D eigenvalue weighted by Gasteiger charge is 2.18. The Bertz CT molecular complexity index is 715. The molecule has 2 rings (SSSR count). The Balaban J connectivity index is 2.22. The fourth-order valence-electron chi connectivity index (χ4n) is 1.66. The number of carbonyl (C=O) groups is 1. The van der Waals surface area contributed by atoms with Crippen LogP contribution in [0.2, 0.25) is 0 Å². The monoisotopic (exact) mass is 338 g/mol. The molecule has 0 atom stereocenters. The first kappa shape index (κ1) is 16.4. The van der Waals surface area contributed by atoms with Crippen LogP contribution in [0.1, 0.15) is 35.1 Å². The fraction of sp³-hybridized carbons (Fsp3) is 0.308. The van der Waals surface area contributed by atoms with Crippen LogP contribution in [0, 0.1) is 10.1 Å². The first-order valence-corrected chi connectivity index (χ1v) is 8.43. The Morgan fingerprint density at radius 1 is 1.41 bits per heavy atom. The number of nitrogens with one attached hydrogen (secondary N) is 1. The molecule has 0 bridgehead atoms. The number of carbonyl (C=O) groups excluding carboxylic acids is 1. The zero-order chi connectivity index (χ0) is 16.3. The first-order chi connectivity index (χ1) is 10.4. The number of nitro benzene ring substituents is 1. The summed E-state index contributed by atoms with van der Waals surface area (Å²) < 4.78 is 0. The van der Waals surface area contributed by atoms with Crippen LogP contribution in [0.25, 0.3) is 0 Å². The molecule has 9 heteroatoms. The van der Waals surface area contributed by atoms with Crippen LogP contribution in [-0.4, -0.2) is 27.3 Å². The van der Waals surface area contributed by atoms with Gasteiger partial charge in [-0.05, 0) is 18.4 Å². The molecule has 0 unspecified atom stereocenters. The molecular weight excluding hydrogens is 324 g/mol. The summed E-state index contributed by atoms with van der Waals surface area (Å²) in [6.07, 6.45) is 1.75. The maximum atomic E-state index is 12.2. The van der Waals surface area contributed by atoms with E-state index in [9.17, 15) is 14.9 Å². The number of amides is 1. The van der Waals surface area contributed by atoms with Crippen molar-refractivity contribution in [1.82, 2.24) is 10.2 Å². The van der Waals surface area contributed by atoms with Gasteiger partial charge in [-0.3, -0.25) is 20.2 Å². The van der Waals surface area contributed by atoms with Crippen molar-refractivity contribution in [2.75, 3.05) is 11.6 Å². The summed E-state index contributed by atoms with van der Waals surface area (Å²) in [4.78, 5) is 23.2. The van der Waals surface area contributed by atoms with E-state index in [0.717, 1.165) is 5.01 Å². The second kappa shape index (κ2) is 6.84. The summed E-state index contributed by atoms with van der Waals surface area (Å²) in [5, 5.41) is 22.7. The number of hydrogen-bond donors (Lipinski definition) is 1. The van der Waals surface area contributed by atoms with Crippen LogP contribution >= 0.6 is 23.1 Å². The molecule has 0 radical (unpaired) electrons. The lowest BCUT2D eigenvalue weighted by Crippen LogP contribution is -2.12. The average Bonchev–Trinajstić information content (AvgIpc) is 2.95. The molecule has 1 N–H and O–H groups in total. The molecule has 0 saturated heterocycles. The zero-order valence-electron chi connectivity index (χ0n) is 12.2. The van der Waals surface area contributed by atoms with E-state index in [-0.39, 0.29) is 17.2 Å². The van der Waals surface area contributed by atoms with Gasteiger partial charge in [0.05, 0.1) is 9.82 Å². The normalized spacial score (nSPS) is 10.7. The third-order valence-corrected chi connectivity index (χ3v) is 4.72. The molecule has 0 saturated carbocycles. The molecule has 1 amide bonds. The molecule has 0 fully saturated rings. The molecule has 1 aromatic heterocycles. The zero-order valence-corrected chi connectivity index (χ0v) is 13.8. The highest BCUT2D eigenvalue weighted by molar-refractivity contribution is 7.98. The van der Waals surface area contributed by atoms with E-state index in [4.69, 9.17) is 0 Å². The Hall–Kier alpha value is -2.00. The number of benzene rings is 1. The van der Waals surface area contributed by atoms with E-state index in [1.165, 1.54) is 29.2 Å². The number of hydrogen-bond acceptors (Lipinski definition) is 7. The Labute approximate surface area is 135 Å². The van der Waals surface area contributed by atoms with Crippen LogP contribution in [0.5, 0.6) is 0 Å². The van der Waals surface area contributed by atoms with Crippen molar-refractivity contribution >= 4 is 39.8 Å². The van der Waals surface area contributed by atoms with Crippen molar-refractivity contribution < 1.29 is 9.72 Å². The molecular formula is C13H14N4O3S2. The predicted molar refractivity (Wildman–Crippen MR) is 86.8 cm³/mol. The highest BCUT2D eigenvalue weighted by Crippen LogP contribution is 2.29. The van der Waals surface area contributed by atoms with Gasteiger partial charge >= 0.3 is 0 Å². The Morgan fingerprint density at radius 2 is 2.14 bits per heavy atom. The lowest BCUT2D eigenvalue weighted by atomic mass is 10.2. The molecule has 0 aliphatic carbocycles. The lowest BCUT2D eigenvalue weighted by molar-refractivity contribution is -0.387. The third-order valence-electron chi connectivity index (χ3n) is 2.79. The van der Waals surface area contributed by atoms with Crippen molar-refractivity contribution in [3.8, 4) is 0 Å². The molecule has 1 heterocycles. The van der Waals surface area contributed by atoms with Crippen LogP contribution in [0.15, 0.2) is 23.1 Å². The van der Waals surface area contributed by atoms with E-state index >= 15 is 0 Å². The second-order valence-electron chi connectivity index (χ2n) is 4.70. The Kier molecular flexibility index (Phi) is 5.09. The molecule has 7 nitrogen and oxygen atoms in total. The number of nitrogens with zero attached hydrogens (tertiary/aromatic N) is 3. The first-order valence-electron chi connectivity index (χ1n) is 6.39. The summed E-state index contributed by atoms with van der Waals surface area (Å²) >= 11 is 2.55. The van der Waals surface area contributed by atoms with E-state index in [0.29, 0.717) is 10.0 Å². The van der Waals surface area contributed by atoms with E-state index in [1.54, 1.807) is 18.4 Å². The highest BCUT2D eigenvalue weighted by atomic mass is 32.2. The van der Waals surface area contributed by atoms with E-state index in [1.807, 2.05) is 13.8 Å². The van der Waals surface area contributed by atoms with Crippen LogP contribution in [-0.2, 0) is 0 Å². The van der Waals surface area contributed by atoms with Gasteiger partial charge in [0.15, 0.2) is 0 Å². The smallest absolute Gasteiger partial charge is 0.283 e. The Morgan fingerprint density at radius 3 is 2.68 bits per heavy atom. The fourth-order valence-corrected chi connectivity index (χ4v) is 2.95. The minimum absolute atomic E-state index is 0.0831. The number of thioether (sulfide) groups is 1. The molecule has 0 aliphatic heterocycles. The summed E-state index contributed by atoms with van der Waals surface area (Å²) in [6.45, 7) is 3.97. The third kappa shape index (κ3) is 3.60. The predicted octanol–water partition coefficient (Wildman–Crippen LogP) is 3.54. The summed E-state index contributed by atoms with van der Waals surface area (Å²) in [5.74, 6) is -0.215. The number of anilines is 1. The van der Waals surface area contributed by atoms with Gasteiger partial charge < -0.3 is 0 Å². The number of nitro groups is 1. The summed E-state index contributed by atoms with van der Waals surface area (Å²) in [5.41, 5.74) is 0.131. The van der Waals surface area contributed by atoms with Crippen molar-refractivity contribution in [3.05, 3.63) is 38.9 Å². The van der Waals surface area contributed by atoms with Crippen LogP contribution in [0.3, 0.4) is 0 Å². The van der Waals surface area contributed by atoms with Gasteiger partial charge in [-0.2, -0.15) is 0 Å². The van der Waals surface area contributed by atoms with E-state index < -0.39 is 10.8 Å². The van der Waals surface area contributed by atoms with Gasteiger partial charge in [-0.1, -0.05) is 25.2 Å². The van der Waals surface area contributed by atoms with Crippen molar-refractivity contribution in [2.45, 2.75) is 24.7 Å². The molecule has 0 spiro atoms. The number of aromatic nitrogens is 2. The minimum atomic E-state index is -0.496. The topological polar surface area (TPSA) is 98.0 Å². The summed E-state index contributed by atoms with van der Waals surface area (Å²) in [7, 11) is 0. The number of rotatable bonds is 5. The largest absolute Gasteiger partial charge is 0.296 e. The molecule has 22 heavy (non-hydrogen) atoms. The minimum Gasteiger partial charge on any atom is -0.296 e. The summed E-state index contributed by atoms with van der Waals surface area (Å²) in [6, 6.07) is 4.39. The van der Waals surface area contributed by atoms with Gasteiger partial charge in [-0.25, -0.2) is 0 Å². The average molecular weight is 338 g/mol. The standard InChI is InChI=1S/C13H14N4O3S2/c1-7(2)12-15-16-13(22-12)14-11(18)8-4-5-10(21-3)9(6-8)17(19)20/h4-7H,1-3H3,(H,14,16,18). The van der Waals surface area contributed by atoms with Crippen molar-refractivity contribution in [1.29, 1.82) is 0 Å². The van der Waals surface area contributed by atoms with Crippen molar-refractivity contribution in [2.24, 2.45) is 0 Å². The maximum absolute atomic E-state index is 12.2. The lowest BCUT2D eigenvalue weighted by Gasteiger charge is -2.04. The quantitative estimate of drug-likeness (QED) is 0.508. The van der Waals surface area contributed by atoms with Gasteiger partial charge in [0, 0.05) is 17.5 Å². The van der Waals surface area contributed by atoms with Gasteiger partial charge in [0.25, 0.3) is 11.6 Å². The maximum Gasteiger partial charge on any atom is 0.283 e. The van der Waals surface area contributed by atoms with Gasteiger partial charge in [0.1, 0.15) is 5.01 Å². The molecule has 116 valence electrons. The second-order valence-corrected chi connectivity index (χ2v) is 6.56. The SMILES string of the molecule is CSc1ccc(C(=O)Nc2nnc(C(C)C)s2)cc1[N+](=O)[O-]. The van der Waals surface area contributed by atoms with Gasteiger partial charge in [0.2, 0.25) is 5.13 Å². The van der Waals surface area contributed by atoms with Crippen LogP contribution < -0.4 is 5.32 Å². The van der Waals surface area contributed by atoms with Crippen LogP contribution in [0.4, 0.5) is 10.8 Å².